The van der Waals surface area contributed by atoms with Crippen molar-refractivity contribution in [3.8, 4) is 0 Å². The SMILES string of the molecule is CC(CCCCC[C@@H](COC(=O)Nc1cc2ccccc2cn1)N(C)C(=O)NCc1cccc(F)c1F)[C@H](N)C(=O)O. The summed E-state index contributed by atoms with van der Waals surface area (Å²) in [6, 6.07) is 11.0. The summed E-state index contributed by atoms with van der Waals surface area (Å²) in [4.78, 5) is 42.1. The number of carbonyl (C=O) groups is 3. The number of nitrogens with one attached hydrogen (secondary N) is 2. The number of hydrogen-bond acceptors (Lipinski definition) is 6. The zero-order valence-corrected chi connectivity index (χ0v) is 23.7. The van der Waals surface area contributed by atoms with Crippen molar-refractivity contribution in [1.29, 1.82) is 0 Å². The van der Waals surface area contributed by atoms with Gasteiger partial charge in [-0.1, -0.05) is 62.6 Å². The fraction of sp³-hybridized carbons (Fsp3) is 0.400. The molecule has 3 atom stereocenters. The number of benzene rings is 2. The van der Waals surface area contributed by atoms with Gasteiger partial charge in [-0.3, -0.25) is 10.1 Å². The maximum absolute atomic E-state index is 14.0. The van der Waals surface area contributed by atoms with Crippen LogP contribution in [-0.2, 0) is 16.1 Å². The maximum atomic E-state index is 14.0. The van der Waals surface area contributed by atoms with E-state index in [1.807, 2.05) is 24.3 Å². The van der Waals surface area contributed by atoms with Crippen LogP contribution < -0.4 is 16.4 Å². The Bertz CT molecular complexity index is 1370. The number of unbranched alkanes of at least 4 members (excludes halogenated alkanes) is 2. The van der Waals surface area contributed by atoms with Crippen LogP contribution in [-0.4, -0.2) is 58.8 Å². The lowest BCUT2D eigenvalue weighted by atomic mass is 9.95. The number of amides is 3. The number of anilines is 1. The molecular weight excluding hydrogens is 548 g/mol. The molecule has 0 saturated carbocycles. The number of ether oxygens (including phenoxy) is 1. The molecule has 1 heterocycles. The average molecular weight is 586 g/mol. The second kappa shape index (κ2) is 15.6. The molecule has 0 radical (unpaired) electrons. The van der Waals surface area contributed by atoms with Gasteiger partial charge in [-0.2, -0.15) is 0 Å². The molecule has 12 heteroatoms. The number of nitrogens with two attached hydrogens (primary N) is 1. The number of likely N-dealkylation sites (N-methyl/N-ethyl adjacent to an activating group) is 1. The normalized spacial score (nSPS) is 13.2. The van der Waals surface area contributed by atoms with E-state index in [4.69, 9.17) is 15.6 Å². The second-order valence-corrected chi connectivity index (χ2v) is 10.3. The number of carbonyl (C=O) groups excluding carboxylic acids is 2. The van der Waals surface area contributed by atoms with E-state index in [0.717, 1.165) is 29.7 Å². The summed E-state index contributed by atoms with van der Waals surface area (Å²) in [5.74, 6) is -2.96. The average Bonchev–Trinajstić information content (AvgIpc) is 2.98. The minimum absolute atomic E-state index is 0.000464. The van der Waals surface area contributed by atoms with Crippen molar-refractivity contribution in [2.45, 2.75) is 57.7 Å². The van der Waals surface area contributed by atoms with E-state index in [1.54, 1.807) is 19.2 Å². The first-order valence-electron chi connectivity index (χ1n) is 13.8. The lowest BCUT2D eigenvalue weighted by molar-refractivity contribution is -0.139. The number of carboxylic acids is 1. The second-order valence-electron chi connectivity index (χ2n) is 10.3. The highest BCUT2D eigenvalue weighted by Gasteiger charge is 2.23. The van der Waals surface area contributed by atoms with Crippen LogP contribution in [0.3, 0.4) is 0 Å². The quantitative estimate of drug-likeness (QED) is 0.189. The van der Waals surface area contributed by atoms with E-state index in [2.05, 4.69) is 15.6 Å². The van der Waals surface area contributed by atoms with Crippen molar-refractivity contribution in [3.05, 3.63) is 71.9 Å². The molecule has 226 valence electrons. The maximum Gasteiger partial charge on any atom is 0.412 e. The molecule has 0 aliphatic heterocycles. The molecule has 10 nitrogen and oxygen atoms in total. The Morgan fingerprint density at radius 3 is 2.50 bits per heavy atom. The lowest BCUT2D eigenvalue weighted by Crippen LogP contribution is -2.46. The first-order chi connectivity index (χ1) is 20.1. The fourth-order valence-corrected chi connectivity index (χ4v) is 4.45. The highest BCUT2D eigenvalue weighted by molar-refractivity contribution is 5.89. The molecule has 3 amide bonds. The smallest absolute Gasteiger partial charge is 0.412 e. The Labute approximate surface area is 243 Å². The van der Waals surface area contributed by atoms with Gasteiger partial charge >= 0.3 is 18.1 Å². The van der Waals surface area contributed by atoms with Crippen molar-refractivity contribution in [3.63, 3.8) is 0 Å². The van der Waals surface area contributed by atoms with E-state index >= 15 is 0 Å². The third-order valence-electron chi connectivity index (χ3n) is 7.19. The van der Waals surface area contributed by atoms with Gasteiger partial charge in [-0.15, -0.1) is 0 Å². The molecular formula is C30H37F2N5O5. The third kappa shape index (κ3) is 9.37. The number of carboxylic acid groups (broad SMARTS) is 1. The molecule has 5 N–H and O–H groups in total. The van der Waals surface area contributed by atoms with E-state index in [0.29, 0.717) is 25.1 Å². The minimum Gasteiger partial charge on any atom is -0.480 e. The van der Waals surface area contributed by atoms with Crippen LogP contribution in [0.1, 0.15) is 44.6 Å². The number of pyridine rings is 1. The monoisotopic (exact) mass is 585 g/mol. The van der Waals surface area contributed by atoms with Crippen molar-refractivity contribution < 1.29 is 33.0 Å². The zero-order valence-electron chi connectivity index (χ0n) is 23.7. The lowest BCUT2D eigenvalue weighted by Gasteiger charge is -2.28. The Morgan fingerprint density at radius 1 is 1.05 bits per heavy atom. The van der Waals surface area contributed by atoms with Crippen molar-refractivity contribution in [2.75, 3.05) is 19.0 Å². The topological polar surface area (TPSA) is 147 Å². The van der Waals surface area contributed by atoms with Gasteiger partial charge < -0.3 is 25.8 Å². The molecule has 0 spiro atoms. The van der Waals surface area contributed by atoms with E-state index in [9.17, 15) is 23.2 Å². The summed E-state index contributed by atoms with van der Waals surface area (Å²) in [7, 11) is 1.53. The Morgan fingerprint density at radius 2 is 1.76 bits per heavy atom. The van der Waals surface area contributed by atoms with Gasteiger partial charge in [0.05, 0.1) is 6.04 Å². The van der Waals surface area contributed by atoms with Gasteiger partial charge in [0.25, 0.3) is 0 Å². The number of rotatable bonds is 14. The summed E-state index contributed by atoms with van der Waals surface area (Å²) in [6.45, 7) is 1.44. The van der Waals surface area contributed by atoms with Crippen molar-refractivity contribution in [2.24, 2.45) is 11.7 Å². The first kappa shape index (κ1) is 32.2. The van der Waals surface area contributed by atoms with Crippen LogP contribution >= 0.6 is 0 Å². The first-order valence-corrected chi connectivity index (χ1v) is 13.8. The van der Waals surface area contributed by atoms with Crippen LogP contribution in [0.2, 0.25) is 0 Å². The predicted octanol–water partition coefficient (Wildman–Crippen LogP) is 5.27. The largest absolute Gasteiger partial charge is 0.480 e. The number of aromatic nitrogens is 1. The molecule has 0 aliphatic rings. The van der Waals surface area contributed by atoms with Gasteiger partial charge in [0, 0.05) is 30.7 Å². The standard InChI is InChI=1S/C30H37F2N5O5/c1-19(27(33)28(38)39)9-4-3-5-13-23(37(2)29(40)35-17-22-12-8-14-24(31)26(22)32)18-42-30(41)36-25-15-20-10-6-7-11-21(20)16-34-25/h6-8,10-12,14-16,19,23,27H,3-5,9,13,17-18,33H2,1-2H3,(H,35,40)(H,38,39)(H,34,36,41)/t19?,23-,27-/m0/s1. The highest BCUT2D eigenvalue weighted by Crippen LogP contribution is 2.18. The van der Waals surface area contributed by atoms with Crippen LogP contribution in [0.15, 0.2) is 54.7 Å². The van der Waals surface area contributed by atoms with Gasteiger partial charge in [-0.25, -0.2) is 23.4 Å². The van der Waals surface area contributed by atoms with Crippen molar-refractivity contribution >= 4 is 34.7 Å². The van der Waals surface area contributed by atoms with Crippen LogP contribution in [0, 0.1) is 17.6 Å². The van der Waals surface area contributed by atoms with Gasteiger partial charge in [0.1, 0.15) is 18.5 Å². The summed E-state index contributed by atoms with van der Waals surface area (Å²) < 4.78 is 33.0. The molecule has 42 heavy (non-hydrogen) atoms. The minimum atomic E-state index is -1.04. The fourth-order valence-electron chi connectivity index (χ4n) is 4.45. The molecule has 3 rings (SSSR count). The number of nitrogens with zero attached hydrogens (tertiary/aromatic N) is 2. The number of urea groups is 1. The molecule has 0 bridgehead atoms. The molecule has 2 aromatic carbocycles. The Hall–Kier alpha value is -4.32. The molecule has 3 aromatic rings. The number of halogens is 2. The van der Waals surface area contributed by atoms with E-state index < -0.39 is 41.8 Å². The zero-order chi connectivity index (χ0) is 30.6. The van der Waals surface area contributed by atoms with E-state index in [1.165, 1.54) is 24.1 Å². The molecule has 0 saturated heterocycles. The van der Waals surface area contributed by atoms with Crippen molar-refractivity contribution in [1.82, 2.24) is 15.2 Å². The summed E-state index contributed by atoms with van der Waals surface area (Å²) in [5, 5.41) is 16.1. The van der Waals surface area contributed by atoms with Gasteiger partial charge in [0.15, 0.2) is 11.6 Å². The number of hydrogen-bond donors (Lipinski definition) is 4. The van der Waals surface area contributed by atoms with Crippen LogP contribution in [0.4, 0.5) is 24.2 Å². The Balaban J connectivity index is 1.57. The molecule has 1 aromatic heterocycles. The van der Waals surface area contributed by atoms with E-state index in [-0.39, 0.29) is 24.6 Å². The summed E-state index contributed by atoms with van der Waals surface area (Å²) >= 11 is 0. The Kier molecular flexibility index (Phi) is 12.0. The number of aliphatic carboxylic acids is 1. The highest BCUT2D eigenvalue weighted by atomic mass is 19.2. The predicted molar refractivity (Wildman–Crippen MR) is 155 cm³/mol. The van der Waals surface area contributed by atoms with Crippen LogP contribution in [0.25, 0.3) is 10.8 Å². The molecule has 0 fully saturated rings. The van der Waals surface area contributed by atoms with Crippen LogP contribution in [0.5, 0.6) is 0 Å². The third-order valence-corrected chi connectivity index (χ3v) is 7.19. The molecule has 1 unspecified atom stereocenters. The van der Waals surface area contributed by atoms with Gasteiger partial charge in [0.2, 0.25) is 0 Å². The molecule has 0 aliphatic carbocycles. The summed E-state index contributed by atoms with van der Waals surface area (Å²) in [6.07, 6.45) is 4.13. The van der Waals surface area contributed by atoms with Gasteiger partial charge in [-0.05, 0) is 36.3 Å². The number of fused-ring (bicyclic) bond motifs is 1. The summed E-state index contributed by atoms with van der Waals surface area (Å²) in [5.41, 5.74) is 5.68.